The molecule has 0 saturated heterocycles. The fourth-order valence-electron chi connectivity index (χ4n) is 1.85. The molecule has 1 aromatic rings. The number of alkyl halides is 3. The number of halogens is 3. The second kappa shape index (κ2) is 7.50. The smallest absolute Gasteiger partial charge is 0.419 e. The third-order valence-electron chi connectivity index (χ3n) is 3.09. The van der Waals surface area contributed by atoms with Crippen LogP contribution in [0.15, 0.2) is 18.2 Å². The molecule has 114 valence electrons. The number of likely N-dealkylation sites (N-methyl/N-ethyl adjacent to an activating group) is 1. The molecule has 0 saturated carbocycles. The molecule has 0 aliphatic rings. The van der Waals surface area contributed by atoms with E-state index in [0.29, 0.717) is 6.54 Å². The van der Waals surface area contributed by atoms with Gasteiger partial charge < -0.3 is 14.7 Å². The predicted octanol–water partition coefficient (Wildman–Crippen LogP) is 2.92. The fraction of sp³-hybridized carbons (Fsp3) is 0.571. The van der Waals surface area contributed by atoms with Crippen LogP contribution in [-0.2, 0) is 12.8 Å². The molecule has 1 rings (SSSR count). The lowest BCUT2D eigenvalue weighted by Gasteiger charge is -2.19. The van der Waals surface area contributed by atoms with E-state index in [0.717, 1.165) is 19.2 Å². The summed E-state index contributed by atoms with van der Waals surface area (Å²) in [5, 5.41) is 8.92. The van der Waals surface area contributed by atoms with Crippen molar-refractivity contribution in [3.63, 3.8) is 0 Å². The summed E-state index contributed by atoms with van der Waals surface area (Å²) in [7, 11) is 0. The summed E-state index contributed by atoms with van der Waals surface area (Å²) in [5.41, 5.74) is -0.628. The molecular formula is C14H20F3NO2. The van der Waals surface area contributed by atoms with Crippen LogP contribution in [-0.4, -0.2) is 36.2 Å². The Morgan fingerprint density at radius 2 is 1.85 bits per heavy atom. The molecule has 0 aliphatic carbocycles. The zero-order chi connectivity index (χ0) is 15.2. The van der Waals surface area contributed by atoms with E-state index in [2.05, 4.69) is 4.90 Å². The molecule has 6 heteroatoms. The molecule has 1 N–H and O–H groups in total. The summed E-state index contributed by atoms with van der Waals surface area (Å²) in [6, 6.07) is 3.62. The highest BCUT2D eigenvalue weighted by molar-refractivity contribution is 5.39. The summed E-state index contributed by atoms with van der Waals surface area (Å²) in [6.45, 7) is 5.98. The van der Waals surface area contributed by atoms with E-state index in [4.69, 9.17) is 9.84 Å². The second-order valence-corrected chi connectivity index (χ2v) is 4.36. The van der Waals surface area contributed by atoms with E-state index >= 15 is 0 Å². The minimum atomic E-state index is -4.49. The first kappa shape index (κ1) is 16.8. The maximum absolute atomic E-state index is 12.9. The van der Waals surface area contributed by atoms with Crippen molar-refractivity contribution in [2.75, 3.05) is 26.2 Å². The van der Waals surface area contributed by atoms with Gasteiger partial charge in [-0.1, -0.05) is 19.9 Å². The van der Waals surface area contributed by atoms with Crippen molar-refractivity contribution in [1.82, 2.24) is 4.90 Å². The molecule has 0 unspecified atom stereocenters. The van der Waals surface area contributed by atoms with Gasteiger partial charge in [0.25, 0.3) is 0 Å². The lowest BCUT2D eigenvalue weighted by Crippen LogP contribution is -2.28. The van der Waals surface area contributed by atoms with Crippen molar-refractivity contribution in [3.8, 4) is 5.75 Å². The molecular weight excluding hydrogens is 271 g/mol. The predicted molar refractivity (Wildman–Crippen MR) is 70.6 cm³/mol. The average Bonchev–Trinajstić information content (AvgIpc) is 2.42. The van der Waals surface area contributed by atoms with E-state index < -0.39 is 18.3 Å². The first-order chi connectivity index (χ1) is 9.42. The highest BCUT2D eigenvalue weighted by Gasteiger charge is 2.34. The number of hydrogen-bond donors (Lipinski definition) is 1. The maximum Gasteiger partial charge on any atom is 0.419 e. The highest BCUT2D eigenvalue weighted by atomic mass is 19.4. The van der Waals surface area contributed by atoms with Gasteiger partial charge in [0.05, 0.1) is 12.2 Å². The van der Waals surface area contributed by atoms with Gasteiger partial charge in [-0.2, -0.15) is 13.2 Å². The van der Waals surface area contributed by atoms with Crippen LogP contribution >= 0.6 is 0 Å². The van der Waals surface area contributed by atoms with Crippen LogP contribution in [0.3, 0.4) is 0 Å². The maximum atomic E-state index is 12.9. The van der Waals surface area contributed by atoms with Crippen LogP contribution in [0.4, 0.5) is 13.2 Å². The quantitative estimate of drug-likeness (QED) is 0.838. The van der Waals surface area contributed by atoms with Gasteiger partial charge in [-0.25, -0.2) is 0 Å². The first-order valence-electron chi connectivity index (χ1n) is 6.58. The average molecular weight is 291 g/mol. The van der Waals surface area contributed by atoms with Gasteiger partial charge in [0, 0.05) is 6.54 Å². The highest BCUT2D eigenvalue weighted by Crippen LogP contribution is 2.36. The second-order valence-electron chi connectivity index (χ2n) is 4.36. The van der Waals surface area contributed by atoms with Crippen molar-refractivity contribution in [2.24, 2.45) is 0 Å². The van der Waals surface area contributed by atoms with Crippen LogP contribution in [0.1, 0.15) is 25.0 Å². The first-order valence-corrected chi connectivity index (χ1v) is 6.58. The fourth-order valence-corrected chi connectivity index (χ4v) is 1.85. The summed E-state index contributed by atoms with van der Waals surface area (Å²) in [4.78, 5) is 2.06. The van der Waals surface area contributed by atoms with E-state index in [1.807, 2.05) is 13.8 Å². The van der Waals surface area contributed by atoms with Crippen molar-refractivity contribution >= 4 is 0 Å². The third-order valence-corrected chi connectivity index (χ3v) is 3.09. The van der Waals surface area contributed by atoms with Crippen LogP contribution in [0.25, 0.3) is 0 Å². The number of benzene rings is 1. The van der Waals surface area contributed by atoms with E-state index in [9.17, 15) is 13.2 Å². The zero-order valence-electron chi connectivity index (χ0n) is 11.7. The normalized spacial score (nSPS) is 11.9. The Bertz CT molecular complexity index is 417. The molecule has 1 aromatic carbocycles. The Labute approximate surface area is 117 Å². The molecule has 3 nitrogen and oxygen atoms in total. The van der Waals surface area contributed by atoms with Crippen LogP contribution in [0.5, 0.6) is 5.75 Å². The van der Waals surface area contributed by atoms with Crippen LogP contribution < -0.4 is 4.74 Å². The molecule has 0 aromatic heterocycles. The van der Waals surface area contributed by atoms with Crippen LogP contribution in [0, 0.1) is 0 Å². The number of nitrogens with zero attached hydrogens (tertiary/aromatic N) is 1. The summed E-state index contributed by atoms with van der Waals surface area (Å²) < 4.78 is 44.0. The lowest BCUT2D eigenvalue weighted by molar-refractivity contribution is -0.139. The summed E-state index contributed by atoms with van der Waals surface area (Å²) in [6.07, 6.45) is -4.49. The van der Waals surface area contributed by atoms with Gasteiger partial charge in [0.15, 0.2) is 0 Å². The molecule has 0 aliphatic heterocycles. The van der Waals surface area contributed by atoms with Gasteiger partial charge >= 0.3 is 6.18 Å². The van der Waals surface area contributed by atoms with Gasteiger partial charge in [-0.3, -0.25) is 0 Å². The summed E-state index contributed by atoms with van der Waals surface area (Å²) in [5.74, 6) is -0.193. The Morgan fingerprint density at radius 3 is 2.35 bits per heavy atom. The van der Waals surface area contributed by atoms with Gasteiger partial charge in [-0.15, -0.1) is 0 Å². The van der Waals surface area contributed by atoms with Crippen molar-refractivity contribution in [3.05, 3.63) is 29.3 Å². The number of hydrogen-bond acceptors (Lipinski definition) is 3. The lowest BCUT2D eigenvalue weighted by atomic mass is 10.1. The van der Waals surface area contributed by atoms with Crippen molar-refractivity contribution < 1.29 is 23.0 Å². The minimum Gasteiger partial charge on any atom is -0.492 e. The number of aliphatic hydroxyl groups excluding tert-OH is 1. The SMILES string of the molecule is CCN(CC)CCOc1ccc(CO)cc1C(F)(F)F. The van der Waals surface area contributed by atoms with E-state index in [-0.39, 0.29) is 17.9 Å². The van der Waals surface area contributed by atoms with Gasteiger partial charge in [0.1, 0.15) is 12.4 Å². The molecule has 0 amide bonds. The van der Waals surface area contributed by atoms with Crippen LogP contribution in [0.2, 0.25) is 0 Å². The van der Waals surface area contributed by atoms with E-state index in [1.165, 1.54) is 12.1 Å². The number of rotatable bonds is 7. The topological polar surface area (TPSA) is 32.7 Å². The Hall–Kier alpha value is -1.27. The largest absolute Gasteiger partial charge is 0.492 e. The monoisotopic (exact) mass is 291 g/mol. The standard InChI is InChI=1S/C14H20F3NO2/c1-3-18(4-2)7-8-20-13-6-5-11(10-19)9-12(13)14(15,16)17/h5-6,9,19H,3-4,7-8,10H2,1-2H3. The van der Waals surface area contributed by atoms with Crippen molar-refractivity contribution in [1.29, 1.82) is 0 Å². The van der Waals surface area contributed by atoms with Crippen molar-refractivity contribution in [2.45, 2.75) is 26.6 Å². The molecule has 0 fully saturated rings. The zero-order valence-corrected chi connectivity index (χ0v) is 11.7. The number of ether oxygens (including phenoxy) is 1. The Kier molecular flexibility index (Phi) is 6.29. The third kappa shape index (κ3) is 4.68. The Balaban J connectivity index is 2.79. The Morgan fingerprint density at radius 1 is 1.20 bits per heavy atom. The molecule has 0 heterocycles. The molecule has 0 radical (unpaired) electrons. The molecule has 0 spiro atoms. The van der Waals surface area contributed by atoms with Gasteiger partial charge in [-0.05, 0) is 30.8 Å². The minimum absolute atomic E-state index is 0.193. The summed E-state index contributed by atoms with van der Waals surface area (Å²) >= 11 is 0. The van der Waals surface area contributed by atoms with Gasteiger partial charge in [0.2, 0.25) is 0 Å². The molecule has 0 atom stereocenters. The van der Waals surface area contributed by atoms with E-state index in [1.54, 1.807) is 0 Å². The number of aliphatic hydroxyl groups is 1. The molecule has 0 bridgehead atoms. The molecule has 20 heavy (non-hydrogen) atoms.